The minimum absolute atomic E-state index is 0.0990. The maximum atomic E-state index is 12.9. The average molecular weight is 438 g/mol. The van der Waals surface area contributed by atoms with E-state index in [1.165, 1.54) is 4.90 Å². The Morgan fingerprint density at radius 1 is 1.23 bits per heavy atom. The Morgan fingerprint density at radius 3 is 2.77 bits per heavy atom. The fourth-order valence-electron chi connectivity index (χ4n) is 3.50. The minimum Gasteiger partial charge on any atom is -0.490 e. The number of nitrogens with one attached hydrogen (secondary N) is 1. The van der Waals surface area contributed by atoms with Gasteiger partial charge in [0.1, 0.15) is 12.4 Å². The van der Waals surface area contributed by atoms with E-state index in [-0.39, 0.29) is 6.03 Å². The fourth-order valence-corrected chi connectivity index (χ4v) is 3.91. The second-order valence-electron chi connectivity index (χ2n) is 7.50. The molecule has 1 aliphatic heterocycles. The summed E-state index contributed by atoms with van der Waals surface area (Å²) in [6, 6.07) is 13.8. The lowest BCUT2D eigenvalue weighted by molar-refractivity contribution is 0.256. The average Bonchev–Trinajstić information content (AvgIpc) is 2.79. The number of fused-ring (bicyclic) bond motifs is 1. The summed E-state index contributed by atoms with van der Waals surface area (Å²) in [6.45, 7) is 6.71. The van der Waals surface area contributed by atoms with E-state index >= 15 is 0 Å². The number of rotatable bonds is 9. The van der Waals surface area contributed by atoms with Gasteiger partial charge in [0.25, 0.3) is 0 Å². The van der Waals surface area contributed by atoms with Crippen LogP contribution in [0.4, 0.5) is 16.2 Å². The second kappa shape index (κ2) is 11.6. The number of aryl methyl sites for hydroxylation is 1. The molecule has 31 heavy (non-hydrogen) atoms. The largest absolute Gasteiger partial charge is 0.490 e. The number of amides is 2. The molecule has 1 aliphatic rings. The van der Waals surface area contributed by atoms with Gasteiger partial charge in [-0.25, -0.2) is 4.79 Å². The highest BCUT2D eigenvalue weighted by molar-refractivity contribution is 7.98. The lowest BCUT2D eigenvalue weighted by atomic mass is 10.0. The number of urea groups is 1. The highest BCUT2D eigenvalue weighted by Gasteiger charge is 2.23. The van der Waals surface area contributed by atoms with Crippen molar-refractivity contribution in [1.29, 1.82) is 0 Å². The Kier molecular flexibility index (Phi) is 8.62. The van der Waals surface area contributed by atoms with Crippen molar-refractivity contribution >= 4 is 29.2 Å². The maximum absolute atomic E-state index is 12.9. The lowest BCUT2D eigenvalue weighted by Gasteiger charge is -2.30. The Balaban J connectivity index is 1.58. The number of hydrogen-bond donors (Lipinski definition) is 1. The molecule has 6 heteroatoms. The van der Waals surface area contributed by atoms with Gasteiger partial charge in [0.15, 0.2) is 0 Å². The van der Waals surface area contributed by atoms with Crippen molar-refractivity contribution in [3.63, 3.8) is 0 Å². The molecular weight excluding hydrogens is 406 g/mol. The highest BCUT2D eigenvalue weighted by atomic mass is 32.2. The molecule has 3 rings (SSSR count). The van der Waals surface area contributed by atoms with Crippen LogP contribution in [0.5, 0.6) is 5.75 Å². The minimum atomic E-state index is -0.0990. The molecule has 2 aromatic carbocycles. The Labute approximate surface area is 189 Å². The fraction of sp³-hybridized carbons (Fsp3) is 0.320. The first-order chi connectivity index (χ1) is 15.1. The van der Waals surface area contributed by atoms with E-state index < -0.39 is 0 Å². The van der Waals surface area contributed by atoms with Crippen LogP contribution in [-0.2, 0) is 6.42 Å². The zero-order valence-electron chi connectivity index (χ0n) is 18.3. The van der Waals surface area contributed by atoms with Gasteiger partial charge in [-0.2, -0.15) is 0 Å². The van der Waals surface area contributed by atoms with Crippen LogP contribution in [0.2, 0.25) is 0 Å². The maximum Gasteiger partial charge on any atom is 0.326 e. The normalized spacial score (nSPS) is 13.3. The van der Waals surface area contributed by atoms with Crippen LogP contribution in [0.3, 0.4) is 0 Å². The zero-order valence-corrected chi connectivity index (χ0v) is 19.2. The van der Waals surface area contributed by atoms with Crippen LogP contribution < -0.4 is 15.0 Å². The van der Waals surface area contributed by atoms with Crippen LogP contribution >= 0.6 is 11.8 Å². The van der Waals surface area contributed by atoms with Gasteiger partial charge in [0, 0.05) is 35.9 Å². The van der Waals surface area contributed by atoms with Crippen molar-refractivity contribution < 1.29 is 9.53 Å². The third-order valence-corrected chi connectivity index (χ3v) is 5.87. The first-order valence-corrected chi connectivity index (χ1v) is 11.8. The highest BCUT2D eigenvalue weighted by Crippen LogP contribution is 2.31. The van der Waals surface area contributed by atoms with Gasteiger partial charge in [-0.15, -0.1) is 18.3 Å². The van der Waals surface area contributed by atoms with Gasteiger partial charge in [0.05, 0.1) is 0 Å². The number of thioether (sulfide) groups is 1. The third kappa shape index (κ3) is 6.64. The van der Waals surface area contributed by atoms with Gasteiger partial charge < -0.3 is 10.1 Å². The molecule has 0 bridgehead atoms. The molecule has 0 radical (unpaired) electrons. The quantitative estimate of drug-likeness (QED) is 0.419. The van der Waals surface area contributed by atoms with Crippen molar-refractivity contribution in [2.75, 3.05) is 49.8 Å². The summed E-state index contributed by atoms with van der Waals surface area (Å²) in [5, 5.41) is 3.01. The van der Waals surface area contributed by atoms with E-state index in [4.69, 9.17) is 4.74 Å². The molecule has 164 valence electrons. The van der Waals surface area contributed by atoms with E-state index in [2.05, 4.69) is 36.0 Å². The van der Waals surface area contributed by atoms with Gasteiger partial charge in [-0.3, -0.25) is 9.80 Å². The molecular formula is C25H31N3O2S. The Bertz CT molecular complexity index is 911. The molecule has 1 N–H and O–H groups in total. The molecule has 2 amide bonds. The van der Waals surface area contributed by atoms with Crippen LogP contribution in [0.15, 0.2) is 72.2 Å². The van der Waals surface area contributed by atoms with Crippen molar-refractivity contribution in [1.82, 2.24) is 4.90 Å². The number of likely N-dealkylation sites (N-methyl/N-ethyl adjacent to an activating group) is 1. The summed E-state index contributed by atoms with van der Waals surface area (Å²) < 4.78 is 5.88. The molecule has 5 nitrogen and oxygen atoms in total. The number of carbonyl (C=O) groups excluding carboxylic acids is 1. The topological polar surface area (TPSA) is 44.8 Å². The second-order valence-corrected chi connectivity index (χ2v) is 8.38. The third-order valence-electron chi connectivity index (χ3n) is 5.13. The first kappa shape index (κ1) is 23.0. The molecule has 0 unspecified atom stereocenters. The van der Waals surface area contributed by atoms with Crippen LogP contribution in [-0.4, -0.2) is 50.5 Å². The van der Waals surface area contributed by atoms with E-state index in [9.17, 15) is 4.79 Å². The van der Waals surface area contributed by atoms with Gasteiger partial charge >= 0.3 is 6.03 Å². The zero-order chi connectivity index (χ0) is 22.1. The molecule has 0 atom stereocenters. The summed E-state index contributed by atoms with van der Waals surface area (Å²) in [5.74, 6) is 0.831. The standard InChI is InChI=1S/C25H31N3O2S/c1-4-15-27(2)16-5-6-18-30-22-11-14-24-20(19-22)8-7-17-28(24)25(29)26-21-9-12-23(31-3)13-10-21/h4-6,9-14,19H,1,7-8,15-18H2,2-3H3,(H,26,29). The van der Waals surface area contributed by atoms with E-state index in [0.717, 1.165) is 48.6 Å². The van der Waals surface area contributed by atoms with Crippen molar-refractivity contribution in [3.05, 3.63) is 72.8 Å². The molecule has 0 saturated carbocycles. The number of benzene rings is 2. The van der Waals surface area contributed by atoms with Crippen LogP contribution in [0.25, 0.3) is 0 Å². The smallest absolute Gasteiger partial charge is 0.326 e. The van der Waals surface area contributed by atoms with E-state index in [1.54, 1.807) is 11.8 Å². The van der Waals surface area contributed by atoms with Crippen molar-refractivity contribution in [2.24, 2.45) is 0 Å². The number of nitrogens with zero attached hydrogens (tertiary/aromatic N) is 2. The predicted molar refractivity (Wildman–Crippen MR) is 132 cm³/mol. The van der Waals surface area contributed by atoms with Gasteiger partial charge in [-0.1, -0.05) is 18.2 Å². The SMILES string of the molecule is C=CCN(C)CC=CCOc1ccc2c(c1)CCCN2C(=O)Nc1ccc(SC)cc1. The van der Waals surface area contributed by atoms with E-state index in [1.807, 2.05) is 59.7 Å². The first-order valence-electron chi connectivity index (χ1n) is 10.5. The Hall–Kier alpha value is -2.70. The molecule has 0 fully saturated rings. The molecule has 0 spiro atoms. The van der Waals surface area contributed by atoms with Crippen LogP contribution in [0, 0.1) is 0 Å². The lowest BCUT2D eigenvalue weighted by Crippen LogP contribution is -2.38. The predicted octanol–water partition coefficient (Wildman–Crippen LogP) is 5.45. The number of hydrogen-bond acceptors (Lipinski definition) is 4. The molecule has 0 saturated heterocycles. The molecule has 2 aromatic rings. The molecule has 1 heterocycles. The Morgan fingerprint density at radius 2 is 2.03 bits per heavy atom. The summed E-state index contributed by atoms with van der Waals surface area (Å²) in [5.41, 5.74) is 2.91. The van der Waals surface area contributed by atoms with Gasteiger partial charge in [0.2, 0.25) is 0 Å². The van der Waals surface area contributed by atoms with E-state index in [0.29, 0.717) is 13.2 Å². The molecule has 0 aliphatic carbocycles. The number of carbonyl (C=O) groups is 1. The number of anilines is 2. The van der Waals surface area contributed by atoms with Crippen molar-refractivity contribution in [3.8, 4) is 5.75 Å². The van der Waals surface area contributed by atoms with Gasteiger partial charge in [-0.05, 0) is 74.2 Å². The summed E-state index contributed by atoms with van der Waals surface area (Å²) in [4.78, 5) is 18.0. The molecule has 0 aromatic heterocycles. The van der Waals surface area contributed by atoms with Crippen LogP contribution in [0.1, 0.15) is 12.0 Å². The van der Waals surface area contributed by atoms with Crippen molar-refractivity contribution in [2.45, 2.75) is 17.7 Å². The summed E-state index contributed by atoms with van der Waals surface area (Å²) in [7, 11) is 2.05. The monoisotopic (exact) mass is 437 g/mol. The summed E-state index contributed by atoms with van der Waals surface area (Å²) in [6.07, 6.45) is 9.93. The summed E-state index contributed by atoms with van der Waals surface area (Å²) >= 11 is 1.68. The number of ether oxygens (including phenoxy) is 1.